The molecule has 1 amide bonds. The van der Waals surface area contributed by atoms with E-state index in [9.17, 15) is 19.5 Å². The van der Waals surface area contributed by atoms with Crippen molar-refractivity contribution >= 4 is 28.4 Å². The maximum absolute atomic E-state index is 14.3. The fraction of sp³-hybridized carbons (Fsp3) is 0.531. The normalized spacial score (nSPS) is 42.6. The predicted molar refractivity (Wildman–Crippen MR) is 148 cm³/mol. The third-order valence-corrected chi connectivity index (χ3v) is 10.1. The Morgan fingerprint density at radius 2 is 1.92 bits per heavy atom. The summed E-state index contributed by atoms with van der Waals surface area (Å²) in [6, 6.07) is 7.85. The molecule has 2 aromatic rings. The van der Waals surface area contributed by atoms with Crippen molar-refractivity contribution < 1.29 is 24.2 Å². The number of aromatic nitrogens is 1. The molecule has 0 radical (unpaired) electrons. The standard InChI is InChI=1S/C32H38N2O5/c1-17-8-7-10-22-29-31(4,39-29)19(3)27-24(15-20-16-33-23-11-6-5-9-21(20)23)34-30(38)32(22,27)26(36)13-12-25(35)28(37)18(2)14-17/h5-7,9-11,14,16-17,19,22,24-25,27,29,33,35H,8,12-13,15H2,1-4H3,(H,34,38)/b10-7-,18-14-/t17-,19-,22-,24-,25-,27-,29-,31+,32+/m0/s1. The lowest BCUT2D eigenvalue weighted by atomic mass is 9.51. The van der Waals surface area contributed by atoms with Gasteiger partial charge in [-0.3, -0.25) is 14.4 Å². The highest BCUT2D eigenvalue weighted by molar-refractivity contribution is 6.09. The van der Waals surface area contributed by atoms with E-state index >= 15 is 0 Å². The second kappa shape index (κ2) is 9.27. The summed E-state index contributed by atoms with van der Waals surface area (Å²) in [6.07, 6.45) is 7.67. The van der Waals surface area contributed by atoms with Gasteiger partial charge in [-0.05, 0) is 62.1 Å². The number of aliphatic hydroxyl groups excluding tert-OH is 1. The molecule has 206 valence electrons. The number of para-hydroxylation sites is 1. The van der Waals surface area contributed by atoms with Crippen molar-refractivity contribution in [1.29, 1.82) is 0 Å². The summed E-state index contributed by atoms with van der Waals surface area (Å²) in [5.74, 6) is -1.48. The SMILES string of the molecule is C/C1=C/[C@@H](C)C/C=C\[C@H]2[C@@H]3O[C@]3(C)[C@@H](C)[C@H]3[C@H](Cc4c[nH]c5ccccc45)NC(=O)[C@]32C(=O)CC[C@H](O)C1=O. The summed E-state index contributed by atoms with van der Waals surface area (Å²) in [5, 5.41) is 15.1. The molecule has 6 rings (SSSR count). The van der Waals surface area contributed by atoms with Crippen molar-refractivity contribution in [3.05, 3.63) is 59.8 Å². The number of rotatable bonds is 2. The van der Waals surface area contributed by atoms with Gasteiger partial charge in [0.1, 0.15) is 17.3 Å². The molecule has 2 aliphatic heterocycles. The number of aliphatic hydroxyl groups is 1. The topological polar surface area (TPSA) is 112 Å². The molecule has 3 fully saturated rings. The molecular weight excluding hydrogens is 492 g/mol. The van der Waals surface area contributed by atoms with Crippen LogP contribution in [-0.4, -0.2) is 51.4 Å². The molecule has 4 aliphatic rings. The number of H-pyrrole nitrogens is 1. The molecule has 1 aromatic heterocycles. The first-order valence-corrected chi connectivity index (χ1v) is 14.2. The fourth-order valence-electron chi connectivity index (χ4n) is 7.95. The maximum atomic E-state index is 14.3. The number of hydrogen-bond acceptors (Lipinski definition) is 5. The van der Waals surface area contributed by atoms with Crippen molar-refractivity contribution in [2.24, 2.45) is 29.1 Å². The molecule has 1 saturated carbocycles. The van der Waals surface area contributed by atoms with E-state index in [2.05, 4.69) is 30.2 Å². The molecule has 7 nitrogen and oxygen atoms in total. The number of allylic oxidation sites excluding steroid dienone is 2. The summed E-state index contributed by atoms with van der Waals surface area (Å²) in [4.78, 5) is 44.7. The Morgan fingerprint density at radius 1 is 1.15 bits per heavy atom. The molecule has 0 bridgehead atoms. The van der Waals surface area contributed by atoms with Crippen LogP contribution in [0, 0.1) is 29.1 Å². The van der Waals surface area contributed by atoms with Crippen LogP contribution in [0.25, 0.3) is 10.9 Å². The second-order valence-corrected chi connectivity index (χ2v) is 12.4. The van der Waals surface area contributed by atoms with Gasteiger partial charge in [-0.25, -0.2) is 0 Å². The van der Waals surface area contributed by atoms with Gasteiger partial charge in [0.05, 0.1) is 11.7 Å². The average molecular weight is 531 g/mol. The molecule has 9 atom stereocenters. The minimum absolute atomic E-state index is 0.000298. The molecule has 2 aliphatic carbocycles. The monoisotopic (exact) mass is 530 g/mol. The van der Waals surface area contributed by atoms with E-state index < -0.39 is 23.0 Å². The minimum atomic E-state index is -1.31. The molecule has 3 heterocycles. The van der Waals surface area contributed by atoms with E-state index in [4.69, 9.17) is 4.74 Å². The third kappa shape index (κ3) is 3.88. The van der Waals surface area contributed by atoms with Gasteiger partial charge in [0.15, 0.2) is 5.78 Å². The molecule has 1 spiro atoms. The Balaban J connectivity index is 1.43. The molecule has 3 N–H and O–H groups in total. The lowest BCUT2D eigenvalue weighted by molar-refractivity contribution is -0.148. The summed E-state index contributed by atoms with van der Waals surface area (Å²) in [5.41, 5.74) is 0.921. The first-order chi connectivity index (χ1) is 18.6. The van der Waals surface area contributed by atoms with Gasteiger partial charge in [-0.2, -0.15) is 0 Å². The van der Waals surface area contributed by atoms with Crippen molar-refractivity contribution in [3.8, 4) is 0 Å². The molecular formula is C32H38N2O5. The van der Waals surface area contributed by atoms with Gasteiger partial charge in [-0.15, -0.1) is 0 Å². The highest BCUT2D eigenvalue weighted by Crippen LogP contribution is 2.66. The Bertz CT molecular complexity index is 1410. The van der Waals surface area contributed by atoms with Crippen LogP contribution < -0.4 is 5.32 Å². The Morgan fingerprint density at radius 3 is 2.72 bits per heavy atom. The maximum Gasteiger partial charge on any atom is 0.235 e. The lowest BCUT2D eigenvalue weighted by Crippen LogP contribution is -2.58. The van der Waals surface area contributed by atoms with Crippen LogP contribution in [0.5, 0.6) is 0 Å². The van der Waals surface area contributed by atoms with Gasteiger partial charge in [0.25, 0.3) is 0 Å². The summed E-state index contributed by atoms with van der Waals surface area (Å²) in [7, 11) is 0. The van der Waals surface area contributed by atoms with Gasteiger partial charge < -0.3 is 20.1 Å². The number of epoxide rings is 1. The van der Waals surface area contributed by atoms with E-state index in [0.717, 1.165) is 16.5 Å². The van der Waals surface area contributed by atoms with Crippen LogP contribution in [0.3, 0.4) is 0 Å². The van der Waals surface area contributed by atoms with Gasteiger partial charge >= 0.3 is 0 Å². The Hall–Kier alpha value is -3.03. The van der Waals surface area contributed by atoms with Crippen LogP contribution in [0.4, 0.5) is 0 Å². The van der Waals surface area contributed by atoms with E-state index in [1.54, 1.807) is 6.92 Å². The highest BCUT2D eigenvalue weighted by atomic mass is 16.6. The first kappa shape index (κ1) is 26.2. The van der Waals surface area contributed by atoms with Crippen LogP contribution in [0.1, 0.15) is 52.5 Å². The minimum Gasteiger partial charge on any atom is -0.385 e. The summed E-state index contributed by atoms with van der Waals surface area (Å²) in [6.45, 7) is 7.95. The second-order valence-electron chi connectivity index (χ2n) is 12.4. The van der Waals surface area contributed by atoms with Gasteiger partial charge in [0.2, 0.25) is 5.91 Å². The largest absolute Gasteiger partial charge is 0.385 e. The van der Waals surface area contributed by atoms with E-state index in [0.29, 0.717) is 18.4 Å². The molecule has 2 saturated heterocycles. The summed E-state index contributed by atoms with van der Waals surface area (Å²) < 4.78 is 6.35. The van der Waals surface area contributed by atoms with Gasteiger partial charge in [0, 0.05) is 41.4 Å². The number of carbonyl (C=O) groups is 3. The van der Waals surface area contributed by atoms with Crippen LogP contribution >= 0.6 is 0 Å². The number of amides is 1. The average Bonchev–Trinajstić information content (AvgIpc) is 3.31. The number of ether oxygens (including phenoxy) is 1. The zero-order valence-corrected chi connectivity index (χ0v) is 23.1. The smallest absolute Gasteiger partial charge is 0.235 e. The van der Waals surface area contributed by atoms with Crippen molar-refractivity contribution in [2.45, 2.75) is 77.2 Å². The molecule has 39 heavy (non-hydrogen) atoms. The highest BCUT2D eigenvalue weighted by Gasteiger charge is 2.78. The molecule has 0 unspecified atom stereocenters. The molecule has 7 heteroatoms. The Labute approximate surface area is 229 Å². The van der Waals surface area contributed by atoms with E-state index in [-0.39, 0.29) is 60.2 Å². The Kier molecular flexibility index (Phi) is 6.23. The van der Waals surface area contributed by atoms with Crippen molar-refractivity contribution in [1.82, 2.24) is 10.3 Å². The number of nitrogens with one attached hydrogen (secondary N) is 2. The quantitative estimate of drug-likeness (QED) is 0.308. The van der Waals surface area contributed by atoms with Crippen molar-refractivity contribution in [3.63, 3.8) is 0 Å². The third-order valence-electron chi connectivity index (χ3n) is 10.1. The predicted octanol–water partition coefficient (Wildman–Crippen LogP) is 4.06. The van der Waals surface area contributed by atoms with Gasteiger partial charge in [-0.1, -0.05) is 50.3 Å². The van der Waals surface area contributed by atoms with Crippen LogP contribution in [-0.2, 0) is 25.5 Å². The number of hydrogen-bond donors (Lipinski definition) is 3. The number of ketones is 2. The summed E-state index contributed by atoms with van der Waals surface area (Å²) >= 11 is 0. The van der Waals surface area contributed by atoms with Crippen LogP contribution in [0.15, 0.2) is 54.3 Å². The van der Waals surface area contributed by atoms with Crippen molar-refractivity contribution in [2.75, 3.05) is 0 Å². The number of carbonyl (C=O) groups excluding carboxylic acids is 3. The number of aromatic amines is 1. The van der Waals surface area contributed by atoms with Crippen LogP contribution in [0.2, 0.25) is 0 Å². The number of benzene rings is 1. The number of Topliss-reactive ketones (excluding diaryl/α,β-unsaturated/α-hetero) is 2. The first-order valence-electron chi connectivity index (χ1n) is 14.2. The zero-order chi connectivity index (χ0) is 27.7. The fourth-order valence-corrected chi connectivity index (χ4v) is 7.95. The van der Waals surface area contributed by atoms with E-state index in [1.165, 1.54) is 0 Å². The lowest BCUT2D eigenvalue weighted by Gasteiger charge is -2.46. The molecule has 1 aromatic carbocycles. The van der Waals surface area contributed by atoms with E-state index in [1.807, 2.05) is 49.5 Å². The number of fused-ring (bicyclic) bond motifs is 3. The zero-order valence-electron chi connectivity index (χ0n) is 23.1.